The number of amides is 1. The van der Waals surface area contributed by atoms with Crippen LogP contribution in [0.3, 0.4) is 0 Å². The van der Waals surface area contributed by atoms with Gasteiger partial charge in [0.15, 0.2) is 0 Å². The maximum Gasteiger partial charge on any atom is 0.226 e. The molecule has 1 amide bonds. The van der Waals surface area contributed by atoms with Gasteiger partial charge in [0.05, 0.1) is 11.8 Å². The molecule has 1 atom stereocenters. The zero-order chi connectivity index (χ0) is 6.27. The Morgan fingerprint density at radius 3 is 3.00 bits per heavy atom. The fourth-order valence-corrected chi connectivity index (χ4v) is 2.04. The van der Waals surface area contributed by atoms with Crippen molar-refractivity contribution in [3.8, 4) is 0 Å². The van der Waals surface area contributed by atoms with Gasteiger partial charge < -0.3 is 4.90 Å². The molecule has 0 aromatic heterocycles. The minimum Gasteiger partial charge on any atom is -0.326 e. The third kappa shape index (κ3) is 1.18. The molecule has 0 saturated carbocycles. The minimum absolute atomic E-state index is 0. The Balaban J connectivity index is 0.000000500. The zero-order valence-corrected chi connectivity index (χ0v) is 8.47. The predicted molar refractivity (Wildman–Crippen MR) is 52.3 cm³/mol. The lowest BCUT2D eigenvalue weighted by atomic mass is 10.2. The highest BCUT2D eigenvalue weighted by molar-refractivity contribution is 14.0. The largest absolute Gasteiger partial charge is 0.326 e. The summed E-state index contributed by atoms with van der Waals surface area (Å²) in [7, 11) is 0. The standard InChI is InChI=1S/C6H7NOS.HI/c8-5-4-6-7(5)2-1-3-9-6;/h1,3,6H,2,4H2;1H/t6-;/m1./s1. The van der Waals surface area contributed by atoms with E-state index in [2.05, 4.69) is 5.41 Å². The van der Waals surface area contributed by atoms with Crippen LogP contribution in [0.15, 0.2) is 11.5 Å². The first-order valence-electron chi connectivity index (χ1n) is 2.98. The molecular formula is C6H8INOS. The fraction of sp³-hybridized carbons (Fsp3) is 0.500. The number of carbonyl (C=O) groups is 1. The van der Waals surface area contributed by atoms with Gasteiger partial charge >= 0.3 is 0 Å². The van der Waals surface area contributed by atoms with E-state index >= 15 is 0 Å². The van der Waals surface area contributed by atoms with Crippen LogP contribution in [0, 0.1) is 0 Å². The average Bonchev–Trinajstić information content (AvgIpc) is 1.86. The maximum atomic E-state index is 10.7. The molecule has 10 heavy (non-hydrogen) atoms. The number of hydrogen-bond acceptors (Lipinski definition) is 2. The smallest absolute Gasteiger partial charge is 0.226 e. The van der Waals surface area contributed by atoms with Crippen LogP contribution in [-0.2, 0) is 4.79 Å². The van der Waals surface area contributed by atoms with Crippen molar-refractivity contribution in [2.75, 3.05) is 6.54 Å². The van der Waals surface area contributed by atoms with Gasteiger partial charge in [-0.05, 0) is 5.41 Å². The molecule has 1 fully saturated rings. The first kappa shape index (κ1) is 8.39. The highest BCUT2D eigenvalue weighted by atomic mass is 127. The molecule has 0 aromatic rings. The Morgan fingerprint density at radius 1 is 1.70 bits per heavy atom. The average molecular weight is 269 g/mol. The van der Waals surface area contributed by atoms with Gasteiger partial charge in [-0.2, -0.15) is 0 Å². The van der Waals surface area contributed by atoms with Crippen molar-refractivity contribution < 1.29 is 4.79 Å². The summed E-state index contributed by atoms with van der Waals surface area (Å²) in [5.74, 6) is 0.303. The lowest BCUT2D eigenvalue weighted by molar-refractivity contribution is -0.140. The third-order valence-corrected chi connectivity index (χ3v) is 2.74. The van der Waals surface area contributed by atoms with Crippen molar-refractivity contribution in [3.05, 3.63) is 11.5 Å². The monoisotopic (exact) mass is 269 g/mol. The van der Waals surface area contributed by atoms with E-state index < -0.39 is 0 Å². The Morgan fingerprint density at radius 2 is 2.50 bits per heavy atom. The molecule has 0 bridgehead atoms. The lowest BCUT2D eigenvalue weighted by Crippen LogP contribution is -2.51. The Labute approximate surface area is 81.1 Å². The number of rotatable bonds is 0. The molecule has 0 radical (unpaired) electrons. The van der Waals surface area contributed by atoms with Crippen LogP contribution in [0.2, 0.25) is 0 Å². The first-order chi connectivity index (χ1) is 4.38. The second-order valence-electron chi connectivity index (χ2n) is 2.21. The molecule has 2 nitrogen and oxygen atoms in total. The highest BCUT2D eigenvalue weighted by Gasteiger charge is 2.36. The van der Waals surface area contributed by atoms with E-state index in [9.17, 15) is 4.79 Å². The number of carbonyl (C=O) groups excluding carboxylic acids is 1. The number of β-lactam (4-membered cyclic amide) rings is 1. The van der Waals surface area contributed by atoms with Gasteiger partial charge in [-0.15, -0.1) is 35.7 Å². The molecule has 2 heterocycles. The van der Waals surface area contributed by atoms with Crippen molar-refractivity contribution >= 4 is 41.6 Å². The van der Waals surface area contributed by atoms with Gasteiger partial charge in [-0.25, -0.2) is 0 Å². The number of fused-ring (bicyclic) bond motifs is 1. The summed E-state index contributed by atoms with van der Waals surface area (Å²) in [4.78, 5) is 12.6. The van der Waals surface area contributed by atoms with E-state index in [1.165, 1.54) is 0 Å². The van der Waals surface area contributed by atoms with Crippen LogP contribution in [0.25, 0.3) is 0 Å². The second-order valence-corrected chi connectivity index (χ2v) is 3.30. The number of hydrogen-bond donors (Lipinski definition) is 0. The summed E-state index contributed by atoms with van der Waals surface area (Å²) in [5.41, 5.74) is 0. The first-order valence-corrected chi connectivity index (χ1v) is 3.92. The van der Waals surface area contributed by atoms with E-state index in [4.69, 9.17) is 0 Å². The van der Waals surface area contributed by atoms with Gasteiger partial charge in [-0.1, -0.05) is 6.08 Å². The Hall–Kier alpha value is 0.290. The molecule has 56 valence electrons. The lowest BCUT2D eigenvalue weighted by Gasteiger charge is -2.40. The number of halogens is 1. The SMILES string of the molecule is I.O=C1C[C@H]2SC=CCN12. The third-order valence-electron chi connectivity index (χ3n) is 1.65. The minimum atomic E-state index is 0. The van der Waals surface area contributed by atoms with Crippen molar-refractivity contribution in [3.63, 3.8) is 0 Å². The van der Waals surface area contributed by atoms with Crippen molar-refractivity contribution in [1.29, 1.82) is 0 Å². The van der Waals surface area contributed by atoms with Crippen molar-refractivity contribution in [1.82, 2.24) is 4.90 Å². The topological polar surface area (TPSA) is 20.3 Å². The summed E-state index contributed by atoms with van der Waals surface area (Å²) in [6, 6.07) is 0. The molecule has 0 N–H and O–H groups in total. The molecule has 4 heteroatoms. The summed E-state index contributed by atoms with van der Waals surface area (Å²) >= 11 is 1.74. The van der Waals surface area contributed by atoms with Crippen LogP contribution in [-0.4, -0.2) is 22.7 Å². The van der Waals surface area contributed by atoms with E-state index in [-0.39, 0.29) is 24.0 Å². The van der Waals surface area contributed by atoms with E-state index in [1.54, 1.807) is 11.8 Å². The van der Waals surface area contributed by atoms with Gasteiger partial charge in [0.1, 0.15) is 0 Å². The summed E-state index contributed by atoms with van der Waals surface area (Å²) in [5, 5.41) is 2.55. The predicted octanol–water partition coefficient (Wildman–Crippen LogP) is 1.42. The number of nitrogens with zero attached hydrogens (tertiary/aromatic N) is 1. The van der Waals surface area contributed by atoms with Gasteiger partial charge in [0.25, 0.3) is 0 Å². The summed E-state index contributed by atoms with van der Waals surface area (Å²) < 4.78 is 0. The van der Waals surface area contributed by atoms with Crippen molar-refractivity contribution in [2.24, 2.45) is 0 Å². The normalized spacial score (nSPS) is 28.6. The molecule has 0 aromatic carbocycles. The van der Waals surface area contributed by atoms with E-state index in [0.29, 0.717) is 11.3 Å². The van der Waals surface area contributed by atoms with Crippen LogP contribution < -0.4 is 0 Å². The van der Waals surface area contributed by atoms with E-state index in [0.717, 1.165) is 13.0 Å². The summed E-state index contributed by atoms with van der Waals surface area (Å²) in [6.07, 6.45) is 2.77. The fourth-order valence-electron chi connectivity index (χ4n) is 1.07. The molecule has 2 rings (SSSR count). The Kier molecular flexibility index (Phi) is 2.62. The van der Waals surface area contributed by atoms with Gasteiger partial charge in [-0.3, -0.25) is 4.79 Å². The quantitative estimate of drug-likeness (QED) is 0.489. The molecule has 2 aliphatic rings. The van der Waals surface area contributed by atoms with Crippen LogP contribution in [0.5, 0.6) is 0 Å². The van der Waals surface area contributed by atoms with Crippen molar-refractivity contribution in [2.45, 2.75) is 11.8 Å². The van der Waals surface area contributed by atoms with Crippen LogP contribution in [0.1, 0.15) is 6.42 Å². The number of thioether (sulfide) groups is 1. The molecular weight excluding hydrogens is 261 g/mol. The molecule has 1 saturated heterocycles. The van der Waals surface area contributed by atoms with Crippen LogP contribution in [0.4, 0.5) is 0 Å². The molecule has 0 unspecified atom stereocenters. The highest BCUT2D eigenvalue weighted by Crippen LogP contribution is 2.32. The Bertz CT molecular complexity index is 183. The molecule has 2 aliphatic heterocycles. The summed E-state index contributed by atoms with van der Waals surface area (Å²) in [6.45, 7) is 0.830. The molecule has 0 spiro atoms. The van der Waals surface area contributed by atoms with E-state index in [1.807, 2.05) is 11.0 Å². The molecule has 0 aliphatic carbocycles. The van der Waals surface area contributed by atoms with Gasteiger partial charge in [0, 0.05) is 6.54 Å². The van der Waals surface area contributed by atoms with Gasteiger partial charge in [0.2, 0.25) is 5.91 Å². The second kappa shape index (κ2) is 3.13. The van der Waals surface area contributed by atoms with Crippen LogP contribution >= 0.6 is 35.7 Å². The maximum absolute atomic E-state index is 10.7. The zero-order valence-electron chi connectivity index (χ0n) is 5.32.